The molecule has 0 spiro atoms. The van der Waals surface area contributed by atoms with Crippen LogP contribution in [0.3, 0.4) is 0 Å². The molecule has 4 nitrogen and oxygen atoms in total. The first kappa shape index (κ1) is 13.5. The third-order valence-electron chi connectivity index (χ3n) is 2.81. The predicted molar refractivity (Wildman–Crippen MR) is 64.4 cm³/mol. The molecule has 0 aromatic rings. The number of carbonyl (C=O) groups is 1. The van der Waals surface area contributed by atoms with Gasteiger partial charge >= 0.3 is 0 Å². The molecular formula is C12H24N2O2. The lowest BCUT2D eigenvalue weighted by Gasteiger charge is -2.27. The standard InChI is InChI=1S/C12H24N2O2/c1-10(2)16-9-12(15)14-7-5-6-11(14)8-13(3)4/h10-11H,5-9H2,1-4H3. The third kappa shape index (κ3) is 4.10. The minimum Gasteiger partial charge on any atom is -0.369 e. The molecule has 0 radical (unpaired) electrons. The molecule has 0 aromatic heterocycles. The van der Waals surface area contributed by atoms with Gasteiger partial charge in [0, 0.05) is 19.1 Å². The number of ether oxygens (including phenoxy) is 1. The fraction of sp³-hybridized carbons (Fsp3) is 0.917. The Morgan fingerprint density at radius 2 is 2.19 bits per heavy atom. The molecule has 4 heteroatoms. The SMILES string of the molecule is CC(C)OCC(=O)N1CCCC1CN(C)C. The molecule has 1 fully saturated rings. The van der Waals surface area contributed by atoms with E-state index in [1.165, 1.54) is 0 Å². The number of likely N-dealkylation sites (tertiary alicyclic amines) is 1. The van der Waals surface area contributed by atoms with Crippen LogP contribution in [0, 0.1) is 0 Å². The predicted octanol–water partition coefficient (Wildman–Crippen LogP) is 0.964. The van der Waals surface area contributed by atoms with Crippen LogP contribution in [-0.4, -0.2) is 61.6 Å². The van der Waals surface area contributed by atoms with Crippen LogP contribution in [0.4, 0.5) is 0 Å². The van der Waals surface area contributed by atoms with E-state index in [9.17, 15) is 4.79 Å². The summed E-state index contributed by atoms with van der Waals surface area (Å²) >= 11 is 0. The van der Waals surface area contributed by atoms with Crippen molar-refractivity contribution < 1.29 is 9.53 Å². The Kier molecular flexibility index (Phi) is 5.22. The third-order valence-corrected chi connectivity index (χ3v) is 2.81. The normalized spacial score (nSPS) is 21.1. The van der Waals surface area contributed by atoms with Crippen molar-refractivity contribution in [2.75, 3.05) is 33.8 Å². The van der Waals surface area contributed by atoms with E-state index in [2.05, 4.69) is 4.90 Å². The van der Waals surface area contributed by atoms with Gasteiger partial charge in [0.25, 0.3) is 0 Å². The summed E-state index contributed by atoms with van der Waals surface area (Å²) in [5.74, 6) is 0.137. The molecule has 0 N–H and O–H groups in total. The molecule has 1 unspecified atom stereocenters. The topological polar surface area (TPSA) is 32.8 Å². The van der Waals surface area contributed by atoms with Crippen molar-refractivity contribution in [3.05, 3.63) is 0 Å². The number of amides is 1. The zero-order valence-corrected chi connectivity index (χ0v) is 10.9. The summed E-state index contributed by atoms with van der Waals surface area (Å²) in [7, 11) is 4.09. The first-order chi connectivity index (χ1) is 7.50. The van der Waals surface area contributed by atoms with Crippen molar-refractivity contribution in [2.45, 2.75) is 38.8 Å². The molecule has 1 aliphatic rings. The highest BCUT2D eigenvalue weighted by Gasteiger charge is 2.28. The molecule has 1 amide bonds. The zero-order chi connectivity index (χ0) is 12.1. The Morgan fingerprint density at radius 1 is 1.50 bits per heavy atom. The summed E-state index contributed by atoms with van der Waals surface area (Å²) in [6.07, 6.45) is 2.36. The molecule has 1 heterocycles. The maximum Gasteiger partial charge on any atom is 0.248 e. The van der Waals surface area contributed by atoms with E-state index in [1.807, 2.05) is 32.8 Å². The lowest BCUT2D eigenvalue weighted by molar-refractivity contribution is -0.138. The molecule has 16 heavy (non-hydrogen) atoms. The molecule has 1 atom stereocenters. The smallest absolute Gasteiger partial charge is 0.248 e. The van der Waals surface area contributed by atoms with E-state index in [-0.39, 0.29) is 18.6 Å². The average Bonchev–Trinajstić information content (AvgIpc) is 2.61. The monoisotopic (exact) mass is 228 g/mol. The van der Waals surface area contributed by atoms with Gasteiger partial charge in [-0.05, 0) is 40.8 Å². The van der Waals surface area contributed by atoms with E-state index in [0.717, 1.165) is 25.9 Å². The van der Waals surface area contributed by atoms with Gasteiger partial charge in [-0.15, -0.1) is 0 Å². The molecular weight excluding hydrogens is 204 g/mol. The summed E-state index contributed by atoms with van der Waals surface area (Å²) in [4.78, 5) is 16.0. The second-order valence-corrected chi connectivity index (χ2v) is 5.01. The number of hydrogen-bond acceptors (Lipinski definition) is 3. The second-order valence-electron chi connectivity index (χ2n) is 5.01. The zero-order valence-electron chi connectivity index (χ0n) is 10.9. The maximum atomic E-state index is 11.9. The molecule has 94 valence electrons. The minimum atomic E-state index is 0.124. The van der Waals surface area contributed by atoms with Gasteiger partial charge in [0.05, 0.1) is 6.10 Å². The van der Waals surface area contributed by atoms with Crippen molar-refractivity contribution in [2.24, 2.45) is 0 Å². The van der Waals surface area contributed by atoms with Gasteiger partial charge in [-0.25, -0.2) is 0 Å². The molecule has 0 bridgehead atoms. The summed E-state index contributed by atoms with van der Waals surface area (Å²) < 4.78 is 5.36. The fourth-order valence-corrected chi connectivity index (χ4v) is 2.10. The summed E-state index contributed by atoms with van der Waals surface area (Å²) in [6, 6.07) is 0.373. The molecule has 0 saturated carbocycles. The van der Waals surface area contributed by atoms with Crippen LogP contribution >= 0.6 is 0 Å². The van der Waals surface area contributed by atoms with Gasteiger partial charge in [0.1, 0.15) is 6.61 Å². The minimum absolute atomic E-state index is 0.124. The largest absolute Gasteiger partial charge is 0.369 e. The lowest BCUT2D eigenvalue weighted by Crippen LogP contribution is -2.43. The van der Waals surface area contributed by atoms with E-state index in [1.54, 1.807) is 0 Å². The van der Waals surface area contributed by atoms with Gasteiger partial charge in [0.15, 0.2) is 0 Å². The van der Waals surface area contributed by atoms with Crippen molar-refractivity contribution in [1.82, 2.24) is 9.80 Å². The van der Waals surface area contributed by atoms with E-state index >= 15 is 0 Å². The maximum absolute atomic E-state index is 11.9. The highest BCUT2D eigenvalue weighted by atomic mass is 16.5. The highest BCUT2D eigenvalue weighted by Crippen LogP contribution is 2.17. The number of nitrogens with zero attached hydrogens (tertiary/aromatic N) is 2. The van der Waals surface area contributed by atoms with Crippen LogP contribution in [0.15, 0.2) is 0 Å². The van der Waals surface area contributed by atoms with Crippen LogP contribution in [0.25, 0.3) is 0 Å². The number of hydrogen-bond donors (Lipinski definition) is 0. The van der Waals surface area contributed by atoms with Gasteiger partial charge in [-0.1, -0.05) is 0 Å². The van der Waals surface area contributed by atoms with Crippen LogP contribution < -0.4 is 0 Å². The molecule has 1 aliphatic heterocycles. The summed E-state index contributed by atoms with van der Waals surface area (Å²) in [6.45, 7) is 5.97. The van der Waals surface area contributed by atoms with Gasteiger partial charge in [-0.3, -0.25) is 4.79 Å². The van der Waals surface area contributed by atoms with E-state index in [4.69, 9.17) is 4.74 Å². The number of carbonyl (C=O) groups excluding carboxylic acids is 1. The Labute approximate surface area is 98.5 Å². The summed E-state index contributed by atoms with van der Waals surface area (Å²) in [5.41, 5.74) is 0. The van der Waals surface area contributed by atoms with Crippen molar-refractivity contribution in [3.8, 4) is 0 Å². The Bertz CT molecular complexity index is 229. The number of likely N-dealkylation sites (N-methyl/N-ethyl adjacent to an activating group) is 1. The molecule has 1 rings (SSSR count). The van der Waals surface area contributed by atoms with Crippen molar-refractivity contribution >= 4 is 5.91 Å². The second kappa shape index (κ2) is 6.21. The van der Waals surface area contributed by atoms with Gasteiger partial charge in [0.2, 0.25) is 5.91 Å². The van der Waals surface area contributed by atoms with Gasteiger partial charge < -0.3 is 14.5 Å². The van der Waals surface area contributed by atoms with Crippen LogP contribution in [-0.2, 0) is 9.53 Å². The van der Waals surface area contributed by atoms with Crippen LogP contribution in [0.2, 0.25) is 0 Å². The first-order valence-corrected chi connectivity index (χ1v) is 6.06. The van der Waals surface area contributed by atoms with Crippen molar-refractivity contribution in [1.29, 1.82) is 0 Å². The van der Waals surface area contributed by atoms with Crippen LogP contribution in [0.1, 0.15) is 26.7 Å². The molecule has 0 aromatic carbocycles. The highest BCUT2D eigenvalue weighted by molar-refractivity contribution is 5.78. The van der Waals surface area contributed by atoms with Gasteiger partial charge in [-0.2, -0.15) is 0 Å². The number of rotatable bonds is 5. The lowest BCUT2D eigenvalue weighted by atomic mass is 10.2. The Morgan fingerprint density at radius 3 is 2.75 bits per heavy atom. The van der Waals surface area contributed by atoms with Crippen LogP contribution in [0.5, 0.6) is 0 Å². The summed E-state index contributed by atoms with van der Waals surface area (Å²) in [5, 5.41) is 0. The molecule has 1 saturated heterocycles. The Hall–Kier alpha value is -0.610. The quantitative estimate of drug-likeness (QED) is 0.703. The van der Waals surface area contributed by atoms with E-state index in [0.29, 0.717) is 6.04 Å². The fourth-order valence-electron chi connectivity index (χ4n) is 2.10. The molecule has 0 aliphatic carbocycles. The van der Waals surface area contributed by atoms with Crippen molar-refractivity contribution in [3.63, 3.8) is 0 Å². The van der Waals surface area contributed by atoms with E-state index < -0.39 is 0 Å². The first-order valence-electron chi connectivity index (χ1n) is 6.06. The Balaban J connectivity index is 2.41. The average molecular weight is 228 g/mol.